The second kappa shape index (κ2) is 6.48. The number of nitrogens with zero attached hydrogens (tertiary/aromatic N) is 1. The summed E-state index contributed by atoms with van der Waals surface area (Å²) >= 11 is 1.47. The quantitative estimate of drug-likeness (QED) is 0.914. The van der Waals surface area contributed by atoms with E-state index >= 15 is 0 Å². The SMILES string of the molecule is CC[C@H](Oc1ccc2c(c1)CCC2)C(=O)Nc1ncc(C)s1. The van der Waals surface area contributed by atoms with E-state index in [0.29, 0.717) is 11.6 Å². The molecule has 5 heteroatoms. The number of amides is 1. The topological polar surface area (TPSA) is 51.2 Å². The Labute approximate surface area is 134 Å². The number of nitrogens with one attached hydrogen (secondary N) is 1. The fourth-order valence-corrected chi connectivity index (χ4v) is 3.37. The number of aromatic nitrogens is 1. The number of thiazole rings is 1. The van der Waals surface area contributed by atoms with Gasteiger partial charge in [0.25, 0.3) is 5.91 Å². The molecule has 1 amide bonds. The normalized spacial score (nSPS) is 14.5. The van der Waals surface area contributed by atoms with Crippen molar-refractivity contribution in [1.29, 1.82) is 0 Å². The molecular weight excluding hydrogens is 296 g/mol. The summed E-state index contributed by atoms with van der Waals surface area (Å²) in [5, 5.41) is 3.45. The van der Waals surface area contributed by atoms with Gasteiger partial charge in [-0.15, -0.1) is 11.3 Å². The maximum absolute atomic E-state index is 12.3. The zero-order valence-corrected chi connectivity index (χ0v) is 13.7. The van der Waals surface area contributed by atoms with Crippen molar-refractivity contribution in [2.45, 2.75) is 45.6 Å². The number of rotatable bonds is 5. The molecule has 1 aliphatic carbocycles. The van der Waals surface area contributed by atoms with Crippen molar-refractivity contribution in [3.05, 3.63) is 40.4 Å². The van der Waals surface area contributed by atoms with E-state index in [1.807, 2.05) is 19.9 Å². The largest absolute Gasteiger partial charge is 0.481 e. The highest BCUT2D eigenvalue weighted by atomic mass is 32.1. The van der Waals surface area contributed by atoms with Crippen LogP contribution in [0.5, 0.6) is 5.75 Å². The highest BCUT2D eigenvalue weighted by Crippen LogP contribution is 2.27. The van der Waals surface area contributed by atoms with Gasteiger partial charge in [0.1, 0.15) is 5.75 Å². The van der Waals surface area contributed by atoms with Crippen molar-refractivity contribution < 1.29 is 9.53 Å². The van der Waals surface area contributed by atoms with Gasteiger partial charge in [0, 0.05) is 11.1 Å². The Hall–Kier alpha value is -1.88. The molecule has 1 aromatic carbocycles. The zero-order valence-electron chi connectivity index (χ0n) is 12.9. The van der Waals surface area contributed by atoms with E-state index in [4.69, 9.17) is 4.74 Å². The van der Waals surface area contributed by atoms with Gasteiger partial charge >= 0.3 is 0 Å². The van der Waals surface area contributed by atoms with Crippen molar-refractivity contribution in [3.8, 4) is 5.75 Å². The molecule has 0 unspecified atom stereocenters. The first kappa shape index (κ1) is 15.0. The van der Waals surface area contributed by atoms with Crippen LogP contribution < -0.4 is 10.1 Å². The lowest BCUT2D eigenvalue weighted by atomic mass is 10.1. The van der Waals surface area contributed by atoms with E-state index in [2.05, 4.69) is 22.4 Å². The molecular formula is C17H20N2O2S. The molecule has 0 fully saturated rings. The average molecular weight is 316 g/mol. The minimum Gasteiger partial charge on any atom is -0.481 e. The second-order valence-electron chi connectivity index (χ2n) is 5.56. The molecule has 1 atom stereocenters. The first-order valence-corrected chi connectivity index (χ1v) is 8.49. The fraction of sp³-hybridized carbons (Fsp3) is 0.412. The van der Waals surface area contributed by atoms with Crippen molar-refractivity contribution in [2.75, 3.05) is 5.32 Å². The van der Waals surface area contributed by atoms with Crippen LogP contribution in [0, 0.1) is 6.92 Å². The van der Waals surface area contributed by atoms with Gasteiger partial charge in [-0.25, -0.2) is 4.98 Å². The maximum atomic E-state index is 12.3. The summed E-state index contributed by atoms with van der Waals surface area (Å²) in [6.45, 7) is 3.91. The molecule has 0 aliphatic heterocycles. The molecule has 116 valence electrons. The number of ether oxygens (including phenoxy) is 1. The van der Waals surface area contributed by atoms with Crippen LogP contribution in [-0.2, 0) is 17.6 Å². The fourth-order valence-electron chi connectivity index (χ4n) is 2.71. The number of benzene rings is 1. The molecule has 0 radical (unpaired) electrons. The smallest absolute Gasteiger partial charge is 0.267 e. The Morgan fingerprint density at radius 3 is 2.95 bits per heavy atom. The number of carbonyl (C=O) groups is 1. The van der Waals surface area contributed by atoms with Gasteiger partial charge in [-0.05, 0) is 55.9 Å². The average Bonchev–Trinajstić information content (AvgIpc) is 3.12. The van der Waals surface area contributed by atoms with Gasteiger partial charge in [-0.1, -0.05) is 13.0 Å². The minimum atomic E-state index is -0.497. The number of hydrogen-bond acceptors (Lipinski definition) is 4. The predicted octanol–water partition coefficient (Wildman–Crippen LogP) is 3.74. The van der Waals surface area contributed by atoms with Crippen LogP contribution in [0.15, 0.2) is 24.4 Å². The molecule has 1 heterocycles. The number of hydrogen-bond donors (Lipinski definition) is 1. The maximum Gasteiger partial charge on any atom is 0.267 e. The number of anilines is 1. The third kappa shape index (κ3) is 3.30. The Bertz CT molecular complexity index is 681. The van der Waals surface area contributed by atoms with Crippen LogP contribution in [0.25, 0.3) is 0 Å². The van der Waals surface area contributed by atoms with Crippen molar-refractivity contribution >= 4 is 22.4 Å². The third-order valence-corrected chi connectivity index (χ3v) is 4.69. The van der Waals surface area contributed by atoms with Crippen molar-refractivity contribution in [1.82, 2.24) is 4.98 Å². The Morgan fingerprint density at radius 2 is 2.23 bits per heavy atom. The van der Waals surface area contributed by atoms with E-state index in [0.717, 1.165) is 23.5 Å². The van der Waals surface area contributed by atoms with Crippen LogP contribution in [0.1, 0.15) is 35.8 Å². The molecule has 0 bridgehead atoms. The standard InChI is InChI=1S/C17H20N2O2S/c1-3-15(16(20)19-17-18-10-11(2)22-17)21-14-8-7-12-5-4-6-13(12)9-14/h7-10,15H,3-6H2,1-2H3,(H,18,19,20)/t15-/m0/s1. The zero-order chi connectivity index (χ0) is 15.5. The van der Waals surface area contributed by atoms with E-state index in [1.165, 1.54) is 28.9 Å². The molecule has 1 N–H and O–H groups in total. The molecule has 2 aromatic rings. The van der Waals surface area contributed by atoms with Gasteiger partial charge in [0.2, 0.25) is 0 Å². The molecule has 4 nitrogen and oxygen atoms in total. The first-order chi connectivity index (χ1) is 10.7. The number of fused-ring (bicyclic) bond motifs is 1. The summed E-state index contributed by atoms with van der Waals surface area (Å²) in [6, 6.07) is 6.16. The second-order valence-corrected chi connectivity index (χ2v) is 6.80. The Kier molecular flexibility index (Phi) is 4.43. The van der Waals surface area contributed by atoms with E-state index in [-0.39, 0.29) is 5.91 Å². The predicted molar refractivity (Wildman–Crippen MR) is 88.7 cm³/mol. The van der Waals surface area contributed by atoms with E-state index < -0.39 is 6.10 Å². The first-order valence-electron chi connectivity index (χ1n) is 7.67. The van der Waals surface area contributed by atoms with E-state index in [1.54, 1.807) is 6.20 Å². The molecule has 0 saturated carbocycles. The minimum absolute atomic E-state index is 0.141. The lowest BCUT2D eigenvalue weighted by molar-refractivity contribution is -0.122. The van der Waals surface area contributed by atoms with Crippen LogP contribution in [0.2, 0.25) is 0 Å². The molecule has 1 aromatic heterocycles. The van der Waals surface area contributed by atoms with E-state index in [9.17, 15) is 4.79 Å². The summed E-state index contributed by atoms with van der Waals surface area (Å²) in [7, 11) is 0. The van der Waals surface area contributed by atoms with Crippen LogP contribution in [0.3, 0.4) is 0 Å². The monoisotopic (exact) mass is 316 g/mol. The molecule has 1 aliphatic rings. The summed E-state index contributed by atoms with van der Waals surface area (Å²) in [4.78, 5) is 17.6. The molecule has 22 heavy (non-hydrogen) atoms. The third-order valence-electron chi connectivity index (χ3n) is 3.86. The van der Waals surface area contributed by atoms with Gasteiger partial charge in [0.05, 0.1) is 0 Å². The Balaban J connectivity index is 1.67. The van der Waals surface area contributed by atoms with Crippen molar-refractivity contribution in [3.63, 3.8) is 0 Å². The number of carbonyl (C=O) groups excluding carboxylic acids is 1. The molecule has 0 saturated heterocycles. The van der Waals surface area contributed by atoms with Gasteiger partial charge in [-0.2, -0.15) is 0 Å². The summed E-state index contributed by atoms with van der Waals surface area (Å²) in [5.74, 6) is 0.635. The summed E-state index contributed by atoms with van der Waals surface area (Å²) < 4.78 is 5.89. The van der Waals surface area contributed by atoms with Crippen LogP contribution >= 0.6 is 11.3 Å². The Morgan fingerprint density at radius 1 is 1.41 bits per heavy atom. The van der Waals surface area contributed by atoms with Gasteiger partial charge in [-0.3, -0.25) is 10.1 Å². The lowest BCUT2D eigenvalue weighted by Gasteiger charge is -2.17. The van der Waals surface area contributed by atoms with Crippen LogP contribution in [-0.4, -0.2) is 17.0 Å². The molecule has 0 spiro atoms. The van der Waals surface area contributed by atoms with Crippen LogP contribution in [0.4, 0.5) is 5.13 Å². The number of aryl methyl sites for hydroxylation is 3. The van der Waals surface area contributed by atoms with Gasteiger partial charge in [0.15, 0.2) is 11.2 Å². The molecule has 3 rings (SSSR count). The van der Waals surface area contributed by atoms with Gasteiger partial charge < -0.3 is 4.74 Å². The lowest BCUT2D eigenvalue weighted by Crippen LogP contribution is -2.32. The van der Waals surface area contributed by atoms with Crippen molar-refractivity contribution in [2.24, 2.45) is 0 Å². The highest BCUT2D eigenvalue weighted by molar-refractivity contribution is 7.15. The highest BCUT2D eigenvalue weighted by Gasteiger charge is 2.20. The summed E-state index contributed by atoms with van der Waals surface area (Å²) in [5.41, 5.74) is 2.76. The summed E-state index contributed by atoms with van der Waals surface area (Å²) in [6.07, 6.45) is 5.34.